The summed E-state index contributed by atoms with van der Waals surface area (Å²) in [4.78, 5) is 15.3. The summed E-state index contributed by atoms with van der Waals surface area (Å²) < 4.78 is 16.7. The van der Waals surface area contributed by atoms with Gasteiger partial charge in [0.25, 0.3) is 0 Å². The number of Topliss-reactive ketones (excluding diaryl/α,β-unsaturated/α-hetero) is 1. The molecule has 6 nitrogen and oxygen atoms in total. The third-order valence-corrected chi connectivity index (χ3v) is 5.90. The number of methoxy groups -OCH3 is 2. The number of fused-ring (bicyclic) bond motifs is 1. The van der Waals surface area contributed by atoms with E-state index in [1.165, 1.54) is 0 Å². The average molecular weight is 409 g/mol. The summed E-state index contributed by atoms with van der Waals surface area (Å²) in [7, 11) is 3.16. The number of carbonyl (C=O) groups excluding carboxylic acids is 1. The Balaban J connectivity index is 1.65. The summed E-state index contributed by atoms with van der Waals surface area (Å²) in [5.41, 5.74) is 1.82. The summed E-state index contributed by atoms with van der Waals surface area (Å²) in [5, 5.41) is 10.5. The van der Waals surface area contributed by atoms with Gasteiger partial charge in [-0.2, -0.15) is 0 Å². The van der Waals surface area contributed by atoms with E-state index in [2.05, 4.69) is 11.8 Å². The average Bonchev–Trinajstić information content (AvgIpc) is 3.07. The van der Waals surface area contributed by atoms with Crippen molar-refractivity contribution in [1.29, 1.82) is 0 Å². The van der Waals surface area contributed by atoms with Gasteiger partial charge < -0.3 is 19.3 Å². The van der Waals surface area contributed by atoms with Crippen LogP contribution in [0.25, 0.3) is 6.08 Å². The Morgan fingerprint density at radius 3 is 2.63 bits per heavy atom. The number of aromatic hydroxyl groups is 1. The third kappa shape index (κ3) is 3.87. The van der Waals surface area contributed by atoms with Gasteiger partial charge in [-0.1, -0.05) is 6.92 Å². The van der Waals surface area contributed by atoms with Gasteiger partial charge >= 0.3 is 0 Å². The van der Waals surface area contributed by atoms with E-state index in [0.717, 1.165) is 31.8 Å². The predicted molar refractivity (Wildman–Crippen MR) is 114 cm³/mol. The molecule has 0 unspecified atom stereocenters. The molecular formula is C24H27NO5. The van der Waals surface area contributed by atoms with Crippen LogP contribution in [-0.2, 0) is 6.54 Å². The standard InChI is InChI=1S/C24H27NO5/c1-15-8-10-25(11-9-15)14-19-20(26)6-5-18-23(27)22(30-24(18)19)13-16-12-17(28-2)4-7-21(16)29-3/h4-7,12-13,15,26H,8-11,14H2,1-3H3. The summed E-state index contributed by atoms with van der Waals surface area (Å²) in [5.74, 6) is 2.59. The number of rotatable bonds is 5. The van der Waals surface area contributed by atoms with Crippen LogP contribution in [0.15, 0.2) is 36.1 Å². The van der Waals surface area contributed by atoms with E-state index >= 15 is 0 Å². The number of ether oxygens (including phenoxy) is 3. The van der Waals surface area contributed by atoms with Crippen molar-refractivity contribution in [2.45, 2.75) is 26.3 Å². The highest BCUT2D eigenvalue weighted by molar-refractivity contribution is 6.15. The van der Waals surface area contributed by atoms with E-state index in [4.69, 9.17) is 14.2 Å². The second kappa shape index (κ2) is 8.40. The van der Waals surface area contributed by atoms with Crippen LogP contribution in [0.2, 0.25) is 0 Å². The highest BCUT2D eigenvalue weighted by Gasteiger charge is 2.32. The first-order valence-corrected chi connectivity index (χ1v) is 10.2. The third-order valence-electron chi connectivity index (χ3n) is 5.90. The summed E-state index contributed by atoms with van der Waals surface area (Å²) in [6, 6.07) is 8.57. The van der Waals surface area contributed by atoms with Gasteiger partial charge in [0.2, 0.25) is 5.78 Å². The number of allylic oxidation sites excluding steroid dienone is 1. The minimum Gasteiger partial charge on any atom is -0.507 e. The van der Waals surface area contributed by atoms with Gasteiger partial charge in [0.1, 0.15) is 23.0 Å². The molecule has 0 amide bonds. The molecule has 0 aliphatic carbocycles. The topological polar surface area (TPSA) is 68.2 Å². The quantitative estimate of drug-likeness (QED) is 0.745. The van der Waals surface area contributed by atoms with Crippen molar-refractivity contribution in [2.24, 2.45) is 5.92 Å². The maximum Gasteiger partial charge on any atom is 0.231 e. The van der Waals surface area contributed by atoms with Gasteiger partial charge in [-0.3, -0.25) is 9.69 Å². The van der Waals surface area contributed by atoms with Gasteiger partial charge in [0.15, 0.2) is 5.76 Å². The molecule has 1 N–H and O–H groups in total. The van der Waals surface area contributed by atoms with E-state index < -0.39 is 0 Å². The van der Waals surface area contributed by atoms with Gasteiger partial charge in [0, 0.05) is 12.1 Å². The maximum absolute atomic E-state index is 13.0. The van der Waals surface area contributed by atoms with Crippen LogP contribution in [0.4, 0.5) is 0 Å². The number of benzene rings is 2. The first-order valence-electron chi connectivity index (χ1n) is 10.2. The molecule has 2 aliphatic heterocycles. The first-order chi connectivity index (χ1) is 14.5. The number of carbonyl (C=O) groups is 1. The summed E-state index contributed by atoms with van der Waals surface area (Å²) in [6.07, 6.45) is 3.93. The van der Waals surface area contributed by atoms with E-state index in [0.29, 0.717) is 40.5 Å². The smallest absolute Gasteiger partial charge is 0.231 e. The number of likely N-dealkylation sites (tertiary alicyclic amines) is 1. The van der Waals surface area contributed by atoms with Gasteiger partial charge in [-0.05, 0) is 68.3 Å². The van der Waals surface area contributed by atoms with Gasteiger partial charge in [0.05, 0.1) is 25.3 Å². The fraction of sp³-hybridized carbons (Fsp3) is 0.375. The van der Waals surface area contributed by atoms with Crippen molar-refractivity contribution in [2.75, 3.05) is 27.3 Å². The molecule has 0 aromatic heterocycles. The predicted octanol–water partition coefficient (Wildman–Crippen LogP) is 4.26. The van der Waals surface area contributed by atoms with Crippen molar-refractivity contribution < 1.29 is 24.1 Å². The lowest BCUT2D eigenvalue weighted by Crippen LogP contribution is -2.32. The molecule has 0 atom stereocenters. The largest absolute Gasteiger partial charge is 0.507 e. The highest BCUT2D eigenvalue weighted by atomic mass is 16.5. The molecule has 30 heavy (non-hydrogen) atoms. The first kappa shape index (κ1) is 20.3. The fourth-order valence-electron chi connectivity index (χ4n) is 3.99. The lowest BCUT2D eigenvalue weighted by Gasteiger charge is -2.30. The van der Waals surface area contributed by atoms with E-state index in [1.54, 1.807) is 50.6 Å². The second-order valence-corrected chi connectivity index (χ2v) is 7.95. The number of piperidine rings is 1. The lowest BCUT2D eigenvalue weighted by atomic mass is 9.98. The number of phenols is 1. The molecule has 4 rings (SSSR count). The molecule has 0 spiro atoms. The van der Waals surface area contributed by atoms with Crippen molar-refractivity contribution in [3.63, 3.8) is 0 Å². The van der Waals surface area contributed by atoms with Crippen LogP contribution in [0, 0.1) is 5.92 Å². The zero-order valence-corrected chi connectivity index (χ0v) is 17.6. The Morgan fingerprint density at radius 2 is 1.93 bits per heavy atom. The van der Waals surface area contributed by atoms with Crippen LogP contribution in [0.5, 0.6) is 23.0 Å². The maximum atomic E-state index is 13.0. The number of hydrogen-bond donors (Lipinski definition) is 1. The molecule has 2 aromatic rings. The Hall–Kier alpha value is -2.99. The van der Waals surface area contributed by atoms with Crippen LogP contribution < -0.4 is 14.2 Å². The van der Waals surface area contributed by atoms with Crippen LogP contribution in [0.3, 0.4) is 0 Å². The van der Waals surface area contributed by atoms with Crippen molar-refractivity contribution in [1.82, 2.24) is 4.90 Å². The van der Waals surface area contributed by atoms with E-state index in [1.807, 2.05) is 0 Å². The van der Waals surface area contributed by atoms with Crippen LogP contribution in [0.1, 0.15) is 41.3 Å². The molecule has 6 heteroatoms. The van der Waals surface area contributed by atoms with Crippen molar-refractivity contribution in [3.8, 4) is 23.0 Å². The number of hydrogen-bond acceptors (Lipinski definition) is 6. The van der Waals surface area contributed by atoms with E-state index in [-0.39, 0.29) is 17.3 Å². The Labute approximate surface area is 176 Å². The molecular weight excluding hydrogens is 382 g/mol. The lowest BCUT2D eigenvalue weighted by molar-refractivity contribution is 0.101. The molecule has 0 bridgehead atoms. The Kier molecular flexibility index (Phi) is 5.68. The highest BCUT2D eigenvalue weighted by Crippen LogP contribution is 2.41. The monoisotopic (exact) mass is 409 g/mol. The van der Waals surface area contributed by atoms with Crippen molar-refractivity contribution >= 4 is 11.9 Å². The fourth-order valence-corrected chi connectivity index (χ4v) is 3.99. The van der Waals surface area contributed by atoms with Crippen LogP contribution >= 0.6 is 0 Å². The van der Waals surface area contributed by atoms with E-state index in [9.17, 15) is 9.90 Å². The Bertz CT molecular complexity index is 989. The molecule has 1 saturated heterocycles. The number of nitrogens with zero attached hydrogens (tertiary/aromatic N) is 1. The summed E-state index contributed by atoms with van der Waals surface area (Å²) in [6.45, 7) is 4.77. The van der Waals surface area contributed by atoms with Gasteiger partial charge in [-0.25, -0.2) is 0 Å². The molecule has 0 radical (unpaired) electrons. The molecule has 2 aliphatic rings. The Morgan fingerprint density at radius 1 is 1.17 bits per heavy atom. The second-order valence-electron chi connectivity index (χ2n) is 7.95. The summed E-state index contributed by atoms with van der Waals surface area (Å²) >= 11 is 0. The van der Waals surface area contributed by atoms with Gasteiger partial charge in [-0.15, -0.1) is 0 Å². The van der Waals surface area contributed by atoms with Crippen LogP contribution in [-0.4, -0.2) is 43.1 Å². The minimum absolute atomic E-state index is 0.153. The zero-order chi connectivity index (χ0) is 21.3. The number of ketones is 1. The molecule has 158 valence electrons. The zero-order valence-electron chi connectivity index (χ0n) is 17.6. The minimum atomic E-state index is -0.205. The molecule has 2 heterocycles. The van der Waals surface area contributed by atoms with Crippen molar-refractivity contribution in [3.05, 3.63) is 52.8 Å². The SMILES string of the molecule is COc1ccc(OC)c(C=C2Oc3c(ccc(O)c3CN3CCC(C)CC3)C2=O)c1. The molecule has 0 saturated carbocycles. The molecule has 2 aromatic carbocycles. The normalized spacial score (nSPS) is 18.4. The molecule has 1 fully saturated rings. The number of phenolic OH excluding ortho intramolecular Hbond substituents is 1.